The Morgan fingerprint density at radius 2 is 0.875 bits per heavy atom. The number of rotatable bonds is 39. The van der Waals surface area contributed by atoms with Gasteiger partial charge in [0.05, 0.1) is 46.2 Å². The molecule has 1 aromatic rings. The van der Waals surface area contributed by atoms with Crippen LogP contribution in [0.15, 0.2) is 30.3 Å². The van der Waals surface area contributed by atoms with Crippen molar-refractivity contribution in [2.45, 2.75) is 115 Å². The molecule has 0 atom stereocenters. The van der Waals surface area contributed by atoms with Crippen molar-refractivity contribution in [1.29, 1.82) is 0 Å². The molecule has 56 heavy (non-hydrogen) atoms. The molecule has 0 radical (unpaired) electrons. The number of benzene rings is 1. The molecule has 0 saturated heterocycles. The normalized spacial score (nSPS) is 11.3. The van der Waals surface area contributed by atoms with E-state index in [9.17, 15) is 19.2 Å². The van der Waals surface area contributed by atoms with E-state index in [0.717, 1.165) is 38.7 Å². The van der Waals surface area contributed by atoms with Crippen LogP contribution in [0.1, 0.15) is 108 Å². The second kappa shape index (κ2) is 36.2. The molecule has 0 spiro atoms. The second-order valence-corrected chi connectivity index (χ2v) is 14.2. The van der Waals surface area contributed by atoms with Crippen LogP contribution < -0.4 is 38.5 Å². The Balaban J connectivity index is 2.63. The van der Waals surface area contributed by atoms with Crippen LogP contribution >= 0.6 is 0 Å². The zero-order valence-corrected chi connectivity index (χ0v) is 34.1. The van der Waals surface area contributed by atoms with Gasteiger partial charge in [-0.25, -0.2) is 0 Å². The predicted octanol–water partition coefficient (Wildman–Crippen LogP) is 2.57. The highest BCUT2D eigenvalue weighted by atomic mass is 16.5. The number of unbranched alkanes of at least 4 members (excludes halogenated alkanes) is 8. The monoisotopic (exact) mass is 794 g/mol. The maximum Gasteiger partial charge on any atom is 0.222 e. The van der Waals surface area contributed by atoms with E-state index in [4.69, 9.17) is 36.1 Å². The lowest BCUT2D eigenvalue weighted by atomic mass is 10.0. The van der Waals surface area contributed by atoms with E-state index in [1.807, 2.05) is 18.2 Å². The van der Waals surface area contributed by atoms with Gasteiger partial charge in [-0.1, -0.05) is 75.3 Å². The minimum atomic E-state index is -1.12. The summed E-state index contributed by atoms with van der Waals surface area (Å²) in [6, 6.07) is 10.2. The summed E-state index contributed by atoms with van der Waals surface area (Å²) in [6.07, 6.45) is 12.4. The predicted molar refractivity (Wildman–Crippen MR) is 219 cm³/mol. The van der Waals surface area contributed by atoms with Crippen LogP contribution in [0.5, 0.6) is 0 Å². The van der Waals surface area contributed by atoms with Gasteiger partial charge in [0.2, 0.25) is 23.6 Å². The van der Waals surface area contributed by atoms with Gasteiger partial charge in [-0.05, 0) is 57.3 Å². The van der Waals surface area contributed by atoms with E-state index in [2.05, 4.69) is 33.4 Å². The SMILES string of the molecule is NCCCNC(=O)CCOCC(COCCC(=O)NCCCN)(COCCC(=O)NCCCN)NC(=O)CCCCCCCCCCCOCc1ccccc1. The van der Waals surface area contributed by atoms with E-state index in [1.54, 1.807) is 0 Å². The molecule has 0 heterocycles. The number of amides is 4. The number of nitrogens with one attached hydrogen (secondary N) is 4. The summed E-state index contributed by atoms with van der Waals surface area (Å²) in [6.45, 7) is 4.70. The fourth-order valence-corrected chi connectivity index (χ4v) is 5.63. The van der Waals surface area contributed by atoms with E-state index in [-0.39, 0.29) is 82.5 Å². The van der Waals surface area contributed by atoms with E-state index < -0.39 is 5.54 Å². The molecule has 15 heteroatoms. The molecule has 0 aliphatic rings. The van der Waals surface area contributed by atoms with Crippen molar-refractivity contribution in [3.05, 3.63) is 35.9 Å². The van der Waals surface area contributed by atoms with Crippen molar-refractivity contribution in [1.82, 2.24) is 21.3 Å². The molecular formula is C41H75N7O8. The van der Waals surface area contributed by atoms with Gasteiger partial charge >= 0.3 is 0 Å². The highest BCUT2D eigenvalue weighted by Gasteiger charge is 2.34. The molecule has 0 aromatic heterocycles. The van der Waals surface area contributed by atoms with Crippen molar-refractivity contribution in [2.24, 2.45) is 17.2 Å². The Labute approximate surface area is 336 Å². The first kappa shape index (κ1) is 50.8. The standard InChI is InChI=1S/C41H75N7O8/c42-22-13-25-45-37(49)19-29-54-33-41(34-55-30-20-38(50)46-26-14-23-43,35-56-31-21-39(51)47-27-15-24-44)48-40(52)18-11-6-4-2-1-3-5-7-12-28-53-32-36-16-9-8-10-17-36/h8-10,16-17H,1-7,11-15,18-35,42-44H2,(H,45,49)(H,46,50)(H,47,51)(H,48,52). The molecule has 322 valence electrons. The average molecular weight is 794 g/mol. The maximum absolute atomic E-state index is 13.4. The molecule has 0 fully saturated rings. The van der Waals surface area contributed by atoms with Gasteiger partial charge < -0.3 is 57.4 Å². The van der Waals surface area contributed by atoms with Crippen LogP contribution in [-0.2, 0) is 44.7 Å². The summed E-state index contributed by atoms with van der Waals surface area (Å²) < 4.78 is 23.6. The molecule has 1 aromatic carbocycles. The van der Waals surface area contributed by atoms with Gasteiger partial charge in [0.1, 0.15) is 5.54 Å². The molecule has 4 amide bonds. The number of carbonyl (C=O) groups excluding carboxylic acids is 4. The van der Waals surface area contributed by atoms with Gasteiger partial charge in [0.25, 0.3) is 0 Å². The third kappa shape index (κ3) is 30.0. The Kier molecular flexibility index (Phi) is 32.8. The number of hydrogen-bond donors (Lipinski definition) is 7. The van der Waals surface area contributed by atoms with Crippen LogP contribution in [0.4, 0.5) is 0 Å². The fraction of sp³-hybridized carbons (Fsp3) is 0.756. The van der Waals surface area contributed by atoms with Crippen molar-refractivity contribution in [3.8, 4) is 0 Å². The van der Waals surface area contributed by atoms with E-state index >= 15 is 0 Å². The van der Waals surface area contributed by atoms with Gasteiger partial charge in [-0.2, -0.15) is 0 Å². The van der Waals surface area contributed by atoms with Crippen molar-refractivity contribution >= 4 is 23.6 Å². The molecule has 0 unspecified atom stereocenters. The number of carbonyl (C=O) groups is 4. The van der Waals surface area contributed by atoms with E-state index in [0.29, 0.717) is 71.6 Å². The third-order valence-corrected chi connectivity index (χ3v) is 8.87. The Morgan fingerprint density at radius 3 is 1.30 bits per heavy atom. The highest BCUT2D eigenvalue weighted by Crippen LogP contribution is 2.14. The van der Waals surface area contributed by atoms with Crippen LogP contribution in [0.25, 0.3) is 0 Å². The van der Waals surface area contributed by atoms with Gasteiger partial charge in [-0.3, -0.25) is 19.2 Å². The molecule has 0 aliphatic heterocycles. The third-order valence-electron chi connectivity index (χ3n) is 8.87. The number of nitrogens with two attached hydrogens (primary N) is 3. The summed E-state index contributed by atoms with van der Waals surface area (Å²) in [7, 11) is 0. The van der Waals surface area contributed by atoms with Gasteiger partial charge in [0, 0.05) is 51.9 Å². The highest BCUT2D eigenvalue weighted by molar-refractivity contribution is 5.77. The molecule has 0 saturated carbocycles. The zero-order chi connectivity index (χ0) is 40.8. The van der Waals surface area contributed by atoms with E-state index in [1.165, 1.54) is 31.2 Å². The Bertz CT molecular complexity index is 1060. The first-order chi connectivity index (χ1) is 27.3. The Hall–Kier alpha value is -3.18. The summed E-state index contributed by atoms with van der Waals surface area (Å²) in [5, 5.41) is 11.5. The lowest BCUT2D eigenvalue weighted by Gasteiger charge is -2.34. The van der Waals surface area contributed by atoms with Crippen molar-refractivity contribution < 1.29 is 38.1 Å². The molecule has 15 nitrogen and oxygen atoms in total. The topological polar surface area (TPSA) is 231 Å². The van der Waals surface area contributed by atoms with Crippen LogP contribution in [0.3, 0.4) is 0 Å². The van der Waals surface area contributed by atoms with Crippen LogP contribution in [0, 0.1) is 0 Å². The van der Waals surface area contributed by atoms with Gasteiger partial charge in [0.15, 0.2) is 0 Å². The number of hydrogen-bond acceptors (Lipinski definition) is 11. The summed E-state index contributed by atoms with van der Waals surface area (Å²) in [5.74, 6) is -0.656. The quantitative estimate of drug-likeness (QED) is 0.0479. The zero-order valence-electron chi connectivity index (χ0n) is 34.1. The number of ether oxygens (including phenoxy) is 4. The van der Waals surface area contributed by atoms with Crippen LogP contribution in [-0.4, -0.2) is 115 Å². The summed E-state index contributed by atoms with van der Waals surface area (Å²) >= 11 is 0. The van der Waals surface area contributed by atoms with Crippen molar-refractivity contribution in [2.75, 3.05) is 85.5 Å². The summed E-state index contributed by atoms with van der Waals surface area (Å²) in [5.41, 5.74) is 16.6. The largest absolute Gasteiger partial charge is 0.378 e. The lowest BCUT2D eigenvalue weighted by molar-refractivity contribution is -0.130. The maximum atomic E-state index is 13.4. The van der Waals surface area contributed by atoms with Crippen molar-refractivity contribution in [3.63, 3.8) is 0 Å². The molecule has 1 rings (SSSR count). The lowest BCUT2D eigenvalue weighted by Crippen LogP contribution is -2.58. The first-order valence-corrected chi connectivity index (χ1v) is 20.9. The molecule has 0 bridgehead atoms. The minimum Gasteiger partial charge on any atom is -0.378 e. The molecule has 0 aliphatic carbocycles. The molecule has 10 N–H and O–H groups in total. The first-order valence-electron chi connectivity index (χ1n) is 20.9. The average Bonchev–Trinajstić information content (AvgIpc) is 3.19. The molecular weight excluding hydrogens is 718 g/mol. The minimum absolute atomic E-state index is 0.000631. The second-order valence-electron chi connectivity index (χ2n) is 14.2. The van der Waals surface area contributed by atoms with Crippen LogP contribution in [0.2, 0.25) is 0 Å². The fourth-order valence-electron chi connectivity index (χ4n) is 5.63. The summed E-state index contributed by atoms with van der Waals surface area (Å²) in [4.78, 5) is 50.1. The Morgan fingerprint density at radius 1 is 0.464 bits per heavy atom. The van der Waals surface area contributed by atoms with Gasteiger partial charge in [-0.15, -0.1) is 0 Å². The smallest absolute Gasteiger partial charge is 0.222 e.